The lowest BCUT2D eigenvalue weighted by molar-refractivity contribution is -0.124. The molecule has 0 unspecified atom stereocenters. The standard InChI is InChI=1S/C21H20N2O6/c1-13-5-3-4-6-17(13)23-19(25)15-8-7-14(11-16(15)20(23)26)21(27)29-12-18(24)22-9-10-28-2/h3-8,11H,9-10,12H2,1-2H3,(H,22,24). The summed E-state index contributed by atoms with van der Waals surface area (Å²) in [5, 5.41) is 2.53. The predicted molar refractivity (Wildman–Crippen MR) is 104 cm³/mol. The van der Waals surface area contributed by atoms with Crippen LogP contribution in [0.5, 0.6) is 0 Å². The van der Waals surface area contributed by atoms with Crippen molar-refractivity contribution in [3.05, 3.63) is 64.7 Å². The lowest BCUT2D eigenvalue weighted by Crippen LogP contribution is -2.31. The van der Waals surface area contributed by atoms with Crippen LogP contribution >= 0.6 is 0 Å². The van der Waals surface area contributed by atoms with Gasteiger partial charge in [0.05, 0.1) is 29.0 Å². The highest BCUT2D eigenvalue weighted by Gasteiger charge is 2.37. The Morgan fingerprint density at radius 3 is 2.48 bits per heavy atom. The summed E-state index contributed by atoms with van der Waals surface area (Å²) in [7, 11) is 1.51. The molecule has 0 radical (unpaired) electrons. The molecule has 8 nitrogen and oxygen atoms in total. The van der Waals surface area contributed by atoms with Gasteiger partial charge in [0, 0.05) is 13.7 Å². The minimum Gasteiger partial charge on any atom is -0.452 e. The van der Waals surface area contributed by atoms with Gasteiger partial charge in [-0.05, 0) is 36.8 Å². The molecule has 2 aromatic rings. The van der Waals surface area contributed by atoms with Gasteiger partial charge in [-0.1, -0.05) is 18.2 Å². The van der Waals surface area contributed by atoms with Crippen molar-refractivity contribution >= 4 is 29.4 Å². The lowest BCUT2D eigenvalue weighted by Gasteiger charge is -2.16. The quantitative estimate of drug-likeness (QED) is 0.434. The van der Waals surface area contributed by atoms with E-state index in [1.165, 1.54) is 25.3 Å². The van der Waals surface area contributed by atoms with Crippen LogP contribution in [-0.4, -0.2) is 50.6 Å². The van der Waals surface area contributed by atoms with E-state index in [0.717, 1.165) is 10.5 Å². The van der Waals surface area contributed by atoms with E-state index < -0.39 is 30.3 Å². The van der Waals surface area contributed by atoms with Gasteiger partial charge in [0.2, 0.25) is 0 Å². The Balaban J connectivity index is 1.73. The van der Waals surface area contributed by atoms with Crippen molar-refractivity contribution in [1.82, 2.24) is 5.32 Å². The molecule has 1 heterocycles. The number of benzene rings is 2. The predicted octanol–water partition coefficient (Wildman–Crippen LogP) is 1.72. The molecular weight excluding hydrogens is 376 g/mol. The number of para-hydroxylation sites is 1. The van der Waals surface area contributed by atoms with Crippen molar-refractivity contribution in [3.63, 3.8) is 0 Å². The smallest absolute Gasteiger partial charge is 0.338 e. The van der Waals surface area contributed by atoms with Crippen molar-refractivity contribution in [3.8, 4) is 0 Å². The Hall–Kier alpha value is -3.52. The minimum absolute atomic E-state index is 0.0845. The molecule has 1 N–H and O–H groups in total. The molecule has 3 amide bonds. The number of methoxy groups -OCH3 is 1. The molecule has 0 aliphatic carbocycles. The number of anilines is 1. The normalized spacial score (nSPS) is 12.7. The average Bonchev–Trinajstić information content (AvgIpc) is 2.97. The van der Waals surface area contributed by atoms with Crippen molar-refractivity contribution in [2.24, 2.45) is 0 Å². The van der Waals surface area contributed by atoms with Gasteiger partial charge in [-0.3, -0.25) is 14.4 Å². The van der Waals surface area contributed by atoms with Gasteiger partial charge >= 0.3 is 5.97 Å². The Kier molecular flexibility index (Phi) is 6.04. The summed E-state index contributed by atoms with van der Waals surface area (Å²) in [4.78, 5) is 50.5. The molecule has 1 aliphatic rings. The van der Waals surface area contributed by atoms with Gasteiger partial charge in [0.15, 0.2) is 6.61 Å². The average molecular weight is 396 g/mol. The molecule has 0 saturated heterocycles. The number of fused-ring (bicyclic) bond motifs is 1. The fourth-order valence-electron chi connectivity index (χ4n) is 2.96. The van der Waals surface area contributed by atoms with Gasteiger partial charge in [0.25, 0.3) is 17.7 Å². The van der Waals surface area contributed by atoms with E-state index in [0.29, 0.717) is 18.8 Å². The highest BCUT2D eigenvalue weighted by molar-refractivity contribution is 6.34. The number of aryl methyl sites for hydroxylation is 1. The summed E-state index contributed by atoms with van der Waals surface area (Å²) >= 11 is 0. The van der Waals surface area contributed by atoms with Crippen molar-refractivity contribution < 1.29 is 28.7 Å². The molecule has 0 saturated carbocycles. The number of hydrogen-bond acceptors (Lipinski definition) is 6. The number of nitrogens with zero attached hydrogens (tertiary/aromatic N) is 1. The minimum atomic E-state index is -0.760. The number of rotatable bonds is 7. The zero-order valence-electron chi connectivity index (χ0n) is 16.1. The zero-order valence-corrected chi connectivity index (χ0v) is 16.1. The molecule has 0 fully saturated rings. The second kappa shape index (κ2) is 8.66. The van der Waals surface area contributed by atoms with Crippen LogP contribution in [0.15, 0.2) is 42.5 Å². The molecule has 29 heavy (non-hydrogen) atoms. The number of carbonyl (C=O) groups is 4. The first-order valence-electron chi connectivity index (χ1n) is 8.95. The summed E-state index contributed by atoms with van der Waals surface area (Å²) < 4.78 is 9.78. The van der Waals surface area contributed by atoms with Crippen LogP contribution in [0.4, 0.5) is 5.69 Å². The number of nitrogens with one attached hydrogen (secondary N) is 1. The molecule has 1 aliphatic heterocycles. The van der Waals surface area contributed by atoms with Crippen LogP contribution in [0, 0.1) is 6.92 Å². The van der Waals surface area contributed by atoms with Gasteiger partial charge in [-0.25, -0.2) is 9.69 Å². The van der Waals surface area contributed by atoms with Crippen LogP contribution in [0.2, 0.25) is 0 Å². The molecule has 0 spiro atoms. The highest BCUT2D eigenvalue weighted by atomic mass is 16.5. The Bertz CT molecular complexity index is 985. The maximum atomic E-state index is 12.8. The molecular formula is C21H20N2O6. The van der Waals surface area contributed by atoms with E-state index in [-0.39, 0.29) is 16.7 Å². The number of imide groups is 1. The third-order valence-corrected chi connectivity index (χ3v) is 4.44. The Morgan fingerprint density at radius 2 is 1.76 bits per heavy atom. The second-order valence-corrected chi connectivity index (χ2v) is 6.41. The van der Waals surface area contributed by atoms with E-state index in [1.54, 1.807) is 25.1 Å². The van der Waals surface area contributed by atoms with Crippen LogP contribution < -0.4 is 10.2 Å². The summed E-state index contributed by atoms with van der Waals surface area (Å²) in [6.45, 7) is 2.00. The van der Waals surface area contributed by atoms with Gasteiger partial charge in [-0.15, -0.1) is 0 Å². The largest absolute Gasteiger partial charge is 0.452 e. The first-order chi connectivity index (χ1) is 13.9. The maximum Gasteiger partial charge on any atom is 0.338 e. The fourth-order valence-corrected chi connectivity index (χ4v) is 2.96. The third kappa shape index (κ3) is 4.17. The fraction of sp³-hybridized carbons (Fsp3) is 0.238. The van der Waals surface area contributed by atoms with Crippen LogP contribution in [0.3, 0.4) is 0 Å². The van der Waals surface area contributed by atoms with E-state index in [1.807, 2.05) is 6.07 Å². The number of carbonyl (C=O) groups excluding carboxylic acids is 4. The molecule has 8 heteroatoms. The summed E-state index contributed by atoms with van der Waals surface area (Å²) in [5.74, 6) is -2.18. The zero-order chi connectivity index (χ0) is 21.0. The summed E-state index contributed by atoms with van der Waals surface area (Å²) in [6, 6.07) is 11.2. The van der Waals surface area contributed by atoms with Crippen molar-refractivity contribution in [2.75, 3.05) is 31.8 Å². The van der Waals surface area contributed by atoms with Crippen molar-refractivity contribution in [1.29, 1.82) is 0 Å². The van der Waals surface area contributed by atoms with E-state index >= 15 is 0 Å². The van der Waals surface area contributed by atoms with Gasteiger partial charge in [-0.2, -0.15) is 0 Å². The maximum absolute atomic E-state index is 12.8. The number of hydrogen-bond donors (Lipinski definition) is 1. The monoisotopic (exact) mass is 396 g/mol. The van der Waals surface area contributed by atoms with Crippen molar-refractivity contribution in [2.45, 2.75) is 6.92 Å². The van der Waals surface area contributed by atoms with Gasteiger partial charge in [0.1, 0.15) is 0 Å². The second-order valence-electron chi connectivity index (χ2n) is 6.41. The van der Waals surface area contributed by atoms with E-state index in [9.17, 15) is 19.2 Å². The van der Waals surface area contributed by atoms with E-state index in [2.05, 4.69) is 5.32 Å². The molecule has 0 aromatic heterocycles. The Labute approximate surface area is 167 Å². The third-order valence-electron chi connectivity index (χ3n) is 4.44. The lowest BCUT2D eigenvalue weighted by atomic mass is 10.1. The summed E-state index contributed by atoms with van der Waals surface area (Å²) in [5.41, 5.74) is 1.70. The van der Waals surface area contributed by atoms with Crippen LogP contribution in [0.1, 0.15) is 36.6 Å². The van der Waals surface area contributed by atoms with Gasteiger partial charge < -0.3 is 14.8 Å². The molecule has 150 valence electrons. The van der Waals surface area contributed by atoms with Crippen LogP contribution in [-0.2, 0) is 14.3 Å². The number of ether oxygens (including phenoxy) is 2. The molecule has 2 aromatic carbocycles. The number of esters is 1. The highest BCUT2D eigenvalue weighted by Crippen LogP contribution is 2.31. The van der Waals surface area contributed by atoms with E-state index in [4.69, 9.17) is 9.47 Å². The topological polar surface area (TPSA) is 102 Å². The molecule has 0 atom stereocenters. The Morgan fingerprint density at radius 1 is 1.03 bits per heavy atom. The SMILES string of the molecule is COCCNC(=O)COC(=O)c1ccc2c(c1)C(=O)N(c1ccccc1C)C2=O. The number of amides is 3. The molecule has 0 bridgehead atoms. The first kappa shape index (κ1) is 20.2. The molecule has 3 rings (SSSR count). The first-order valence-corrected chi connectivity index (χ1v) is 8.95. The summed E-state index contributed by atoms with van der Waals surface area (Å²) in [6.07, 6.45) is 0. The van der Waals surface area contributed by atoms with Crippen LogP contribution in [0.25, 0.3) is 0 Å².